The number of alkyl halides is 1. The maximum Gasteiger partial charge on any atom is 0.337 e. The number of aliphatic carboxylic acids is 1. The van der Waals surface area contributed by atoms with Gasteiger partial charge in [-0.1, -0.05) is 12.1 Å². The number of carboxylic acid groups (broad SMARTS) is 1. The summed E-state index contributed by atoms with van der Waals surface area (Å²) in [5, 5.41) is 18.0. The van der Waals surface area contributed by atoms with Crippen LogP contribution in [0.15, 0.2) is 18.2 Å². The molecule has 1 unspecified atom stereocenters. The highest BCUT2D eigenvalue weighted by Crippen LogP contribution is 2.22. The number of hydrogen-bond acceptors (Lipinski definition) is 3. The van der Waals surface area contributed by atoms with E-state index in [1.807, 2.05) is 0 Å². The third-order valence-corrected chi connectivity index (χ3v) is 2.49. The Morgan fingerprint density at radius 1 is 1.41 bits per heavy atom. The van der Waals surface area contributed by atoms with Crippen LogP contribution in [0.5, 0.6) is 0 Å². The largest absolute Gasteiger partial charge is 0.479 e. The summed E-state index contributed by atoms with van der Waals surface area (Å²) in [6.07, 6.45) is -2.20. The van der Waals surface area contributed by atoms with Crippen molar-refractivity contribution in [3.05, 3.63) is 35.1 Å². The van der Waals surface area contributed by atoms with Crippen LogP contribution in [-0.2, 0) is 16.0 Å². The molecule has 0 aliphatic rings. The lowest BCUT2D eigenvalue weighted by atomic mass is 9.98. The second kappa shape index (κ2) is 5.75. The highest BCUT2D eigenvalue weighted by Gasteiger charge is 2.24. The monoisotopic (exact) mass is 260 g/mol. The summed E-state index contributed by atoms with van der Waals surface area (Å²) >= 11 is 5.31. The van der Waals surface area contributed by atoms with E-state index in [1.165, 1.54) is 12.1 Å². The van der Waals surface area contributed by atoms with Crippen molar-refractivity contribution >= 4 is 23.4 Å². The van der Waals surface area contributed by atoms with Crippen molar-refractivity contribution in [2.24, 2.45) is 0 Å². The summed E-state index contributed by atoms with van der Waals surface area (Å²) in [6.45, 7) is 0. The standard InChI is InChI=1S/C11H10ClFO4/c12-5-7(14)4-6-2-1-3-8(13)9(6)10(15)11(16)17/h1-3,10,15H,4-5H2,(H,16,17). The van der Waals surface area contributed by atoms with Gasteiger partial charge in [0.15, 0.2) is 11.9 Å². The van der Waals surface area contributed by atoms with Crippen molar-refractivity contribution in [1.29, 1.82) is 0 Å². The number of hydrogen-bond donors (Lipinski definition) is 2. The Balaban J connectivity index is 3.17. The van der Waals surface area contributed by atoms with Crippen molar-refractivity contribution in [1.82, 2.24) is 0 Å². The first-order chi connectivity index (χ1) is 7.97. The summed E-state index contributed by atoms with van der Waals surface area (Å²) in [6, 6.07) is 3.75. The summed E-state index contributed by atoms with van der Waals surface area (Å²) in [5.74, 6) is -3.07. The van der Waals surface area contributed by atoms with Gasteiger partial charge in [0, 0.05) is 12.0 Å². The number of ketones is 1. The summed E-state index contributed by atoms with van der Waals surface area (Å²) in [7, 11) is 0. The van der Waals surface area contributed by atoms with Gasteiger partial charge in [0.2, 0.25) is 0 Å². The average Bonchev–Trinajstić information content (AvgIpc) is 2.28. The number of benzene rings is 1. The van der Waals surface area contributed by atoms with Crippen molar-refractivity contribution in [3.63, 3.8) is 0 Å². The van der Waals surface area contributed by atoms with Gasteiger partial charge < -0.3 is 10.2 Å². The quantitative estimate of drug-likeness (QED) is 0.783. The molecule has 0 aromatic heterocycles. The molecule has 0 saturated carbocycles. The average molecular weight is 261 g/mol. The van der Waals surface area contributed by atoms with Crippen molar-refractivity contribution in [2.75, 3.05) is 5.88 Å². The number of carbonyl (C=O) groups excluding carboxylic acids is 1. The zero-order valence-electron chi connectivity index (χ0n) is 8.69. The van der Waals surface area contributed by atoms with E-state index >= 15 is 0 Å². The van der Waals surface area contributed by atoms with E-state index in [4.69, 9.17) is 16.7 Å². The minimum absolute atomic E-state index is 0.130. The molecular formula is C11H10ClFO4. The zero-order valence-corrected chi connectivity index (χ0v) is 9.45. The van der Waals surface area contributed by atoms with Gasteiger partial charge in [0.05, 0.1) is 5.88 Å². The lowest BCUT2D eigenvalue weighted by molar-refractivity contribution is -0.147. The second-order valence-electron chi connectivity index (χ2n) is 3.40. The molecule has 0 aliphatic carbocycles. The van der Waals surface area contributed by atoms with E-state index < -0.39 is 23.5 Å². The molecule has 1 atom stereocenters. The molecule has 1 rings (SSSR count). The summed E-state index contributed by atoms with van der Waals surface area (Å²) in [4.78, 5) is 21.8. The lowest BCUT2D eigenvalue weighted by Crippen LogP contribution is -2.16. The van der Waals surface area contributed by atoms with E-state index in [2.05, 4.69) is 0 Å². The predicted molar refractivity (Wildman–Crippen MR) is 58.4 cm³/mol. The molecule has 2 N–H and O–H groups in total. The van der Waals surface area contributed by atoms with Crippen LogP contribution < -0.4 is 0 Å². The van der Waals surface area contributed by atoms with Crippen LogP contribution >= 0.6 is 11.6 Å². The van der Waals surface area contributed by atoms with E-state index in [0.717, 1.165) is 6.07 Å². The smallest absolute Gasteiger partial charge is 0.337 e. The molecule has 4 nitrogen and oxygen atoms in total. The number of halogens is 2. The fourth-order valence-corrected chi connectivity index (χ4v) is 1.52. The lowest BCUT2D eigenvalue weighted by Gasteiger charge is -2.12. The Bertz CT molecular complexity index is 447. The SMILES string of the molecule is O=C(CCl)Cc1cccc(F)c1C(O)C(=O)O. The number of aliphatic hydroxyl groups excluding tert-OH is 1. The molecule has 0 saturated heterocycles. The molecule has 6 heteroatoms. The fourth-order valence-electron chi connectivity index (χ4n) is 1.43. The topological polar surface area (TPSA) is 74.6 Å². The molecule has 0 bridgehead atoms. The normalized spacial score (nSPS) is 12.2. The zero-order chi connectivity index (χ0) is 13.0. The van der Waals surface area contributed by atoms with Gasteiger partial charge in [-0.15, -0.1) is 11.6 Å². The fraction of sp³-hybridized carbons (Fsp3) is 0.273. The minimum atomic E-state index is -1.99. The Labute approximate surface area is 102 Å². The van der Waals surface area contributed by atoms with Crippen LogP contribution in [0, 0.1) is 5.82 Å². The van der Waals surface area contributed by atoms with Crippen LogP contribution in [0.3, 0.4) is 0 Å². The minimum Gasteiger partial charge on any atom is -0.479 e. The molecule has 1 aromatic carbocycles. The van der Waals surface area contributed by atoms with Crippen molar-refractivity contribution < 1.29 is 24.2 Å². The van der Waals surface area contributed by atoms with Gasteiger partial charge in [-0.25, -0.2) is 9.18 Å². The van der Waals surface area contributed by atoms with E-state index in [0.29, 0.717) is 0 Å². The first-order valence-corrected chi connectivity index (χ1v) is 5.26. The third-order valence-electron chi connectivity index (χ3n) is 2.19. The molecular weight excluding hydrogens is 251 g/mol. The molecule has 0 heterocycles. The maximum absolute atomic E-state index is 13.4. The Kier molecular flexibility index (Phi) is 4.60. The van der Waals surface area contributed by atoms with E-state index in [9.17, 15) is 19.1 Å². The Hall–Kier alpha value is -1.46. The molecule has 1 aromatic rings. The number of rotatable bonds is 5. The number of aliphatic hydroxyl groups is 1. The molecule has 17 heavy (non-hydrogen) atoms. The highest BCUT2D eigenvalue weighted by atomic mass is 35.5. The number of carbonyl (C=O) groups is 2. The third kappa shape index (κ3) is 3.25. The van der Waals surface area contributed by atoms with Gasteiger partial charge >= 0.3 is 5.97 Å². The molecule has 0 spiro atoms. The molecule has 0 aliphatic heterocycles. The van der Waals surface area contributed by atoms with Crippen molar-refractivity contribution in [2.45, 2.75) is 12.5 Å². The first kappa shape index (κ1) is 13.6. The molecule has 0 amide bonds. The van der Waals surface area contributed by atoms with Crippen LogP contribution in [0.4, 0.5) is 4.39 Å². The maximum atomic E-state index is 13.4. The van der Waals surface area contributed by atoms with Crippen LogP contribution in [0.2, 0.25) is 0 Å². The molecule has 92 valence electrons. The number of Topliss-reactive ketones (excluding diaryl/α,β-unsaturated/α-hetero) is 1. The summed E-state index contributed by atoms with van der Waals surface area (Å²) < 4.78 is 13.4. The van der Waals surface area contributed by atoms with Crippen LogP contribution in [0.25, 0.3) is 0 Å². The van der Waals surface area contributed by atoms with E-state index in [1.54, 1.807) is 0 Å². The second-order valence-corrected chi connectivity index (χ2v) is 3.67. The van der Waals surface area contributed by atoms with Gasteiger partial charge in [-0.05, 0) is 11.6 Å². The first-order valence-electron chi connectivity index (χ1n) is 4.73. The van der Waals surface area contributed by atoms with Crippen LogP contribution in [-0.4, -0.2) is 27.8 Å². The summed E-state index contributed by atoms with van der Waals surface area (Å²) in [5.41, 5.74) is -0.260. The van der Waals surface area contributed by atoms with Gasteiger partial charge in [0.1, 0.15) is 5.82 Å². The number of carboxylic acids is 1. The Morgan fingerprint density at radius 2 is 2.06 bits per heavy atom. The molecule has 0 fully saturated rings. The van der Waals surface area contributed by atoms with Gasteiger partial charge in [0.25, 0.3) is 0 Å². The van der Waals surface area contributed by atoms with Crippen molar-refractivity contribution in [3.8, 4) is 0 Å². The Morgan fingerprint density at radius 3 is 2.59 bits per heavy atom. The molecule has 0 radical (unpaired) electrons. The van der Waals surface area contributed by atoms with E-state index in [-0.39, 0.29) is 23.6 Å². The predicted octanol–water partition coefficient (Wildman–Crippen LogP) is 1.29. The van der Waals surface area contributed by atoms with Crippen LogP contribution in [0.1, 0.15) is 17.2 Å². The van der Waals surface area contributed by atoms with Gasteiger partial charge in [-0.3, -0.25) is 4.79 Å². The highest BCUT2D eigenvalue weighted by molar-refractivity contribution is 6.27. The van der Waals surface area contributed by atoms with Gasteiger partial charge in [-0.2, -0.15) is 0 Å².